The fourth-order valence-corrected chi connectivity index (χ4v) is 4.28. The second-order valence-electron chi connectivity index (χ2n) is 6.78. The van der Waals surface area contributed by atoms with Gasteiger partial charge in [0.05, 0.1) is 30.0 Å². The first-order chi connectivity index (χ1) is 15.4. The van der Waals surface area contributed by atoms with Crippen LogP contribution in [0.5, 0.6) is 0 Å². The molecule has 0 saturated carbocycles. The minimum absolute atomic E-state index is 0.0583. The number of anilines is 2. The van der Waals surface area contributed by atoms with Gasteiger partial charge in [-0.15, -0.1) is 23.1 Å². The van der Waals surface area contributed by atoms with Gasteiger partial charge >= 0.3 is 5.97 Å². The Morgan fingerprint density at radius 2 is 1.81 bits per heavy atom. The molecule has 0 spiro atoms. The minimum atomic E-state index is -0.360. The van der Waals surface area contributed by atoms with Gasteiger partial charge in [0.1, 0.15) is 0 Å². The molecule has 9 heteroatoms. The zero-order valence-corrected chi connectivity index (χ0v) is 19.3. The van der Waals surface area contributed by atoms with Gasteiger partial charge in [0.15, 0.2) is 5.13 Å². The molecule has 0 aliphatic rings. The number of hydrogen-bond donors (Lipinski definition) is 2. The van der Waals surface area contributed by atoms with E-state index in [0.717, 1.165) is 11.3 Å². The third kappa shape index (κ3) is 6.93. The quantitative estimate of drug-likeness (QED) is 0.353. The molecule has 0 radical (unpaired) electrons. The van der Waals surface area contributed by atoms with E-state index in [1.807, 2.05) is 37.3 Å². The van der Waals surface area contributed by atoms with Crippen LogP contribution in [0.1, 0.15) is 28.5 Å². The lowest BCUT2D eigenvalue weighted by Crippen LogP contribution is -2.16. The Morgan fingerprint density at radius 1 is 1.06 bits per heavy atom. The molecule has 3 aromatic rings. The first-order valence-corrected chi connectivity index (χ1v) is 11.8. The smallest absolute Gasteiger partial charge is 0.311 e. The average molecular weight is 470 g/mol. The van der Waals surface area contributed by atoms with Gasteiger partial charge < -0.3 is 10.1 Å². The molecule has 2 amide bonds. The van der Waals surface area contributed by atoms with E-state index in [-0.39, 0.29) is 30.0 Å². The lowest BCUT2D eigenvalue weighted by Gasteiger charge is -2.09. The van der Waals surface area contributed by atoms with Crippen LogP contribution in [-0.2, 0) is 20.7 Å². The predicted octanol–water partition coefficient (Wildman–Crippen LogP) is 4.54. The molecule has 2 N–H and O–H groups in total. The third-order valence-electron chi connectivity index (χ3n) is 4.23. The number of carbonyl (C=O) groups is 3. The molecule has 0 bridgehead atoms. The maximum atomic E-state index is 12.8. The van der Waals surface area contributed by atoms with Crippen LogP contribution in [-0.4, -0.2) is 35.1 Å². The standard InChI is InChI=1S/C23H23N3O4S2/c1-3-30-21(28)12-17-13-32-23(25-17)26-22(29)18-6-4-5-7-19(18)31-14-20(27)24-16-10-8-15(2)9-11-16/h4-11,13H,3,12,14H2,1-2H3,(H,24,27)(H,25,26,29). The number of ether oxygens (including phenoxy) is 1. The SMILES string of the molecule is CCOC(=O)Cc1csc(NC(=O)c2ccccc2SCC(=O)Nc2ccc(C)cc2)n1. The molecular formula is C23H23N3O4S2. The van der Waals surface area contributed by atoms with Crippen molar-refractivity contribution in [2.45, 2.75) is 25.2 Å². The van der Waals surface area contributed by atoms with Gasteiger partial charge in [-0.25, -0.2) is 4.98 Å². The molecule has 0 aliphatic heterocycles. The highest BCUT2D eigenvalue weighted by molar-refractivity contribution is 8.00. The average Bonchev–Trinajstić information content (AvgIpc) is 3.20. The van der Waals surface area contributed by atoms with Crippen LogP contribution in [0.25, 0.3) is 0 Å². The van der Waals surface area contributed by atoms with Crippen molar-refractivity contribution in [2.24, 2.45) is 0 Å². The van der Waals surface area contributed by atoms with E-state index in [4.69, 9.17) is 4.74 Å². The summed E-state index contributed by atoms with van der Waals surface area (Å²) in [4.78, 5) is 41.6. The first-order valence-electron chi connectivity index (χ1n) is 9.94. The van der Waals surface area contributed by atoms with E-state index in [1.165, 1.54) is 23.1 Å². The number of aryl methyl sites for hydroxylation is 1. The van der Waals surface area contributed by atoms with Crippen LogP contribution >= 0.6 is 23.1 Å². The van der Waals surface area contributed by atoms with Gasteiger partial charge in [-0.3, -0.25) is 19.7 Å². The number of thiazole rings is 1. The van der Waals surface area contributed by atoms with Crippen molar-refractivity contribution < 1.29 is 19.1 Å². The lowest BCUT2D eigenvalue weighted by molar-refractivity contribution is -0.142. The van der Waals surface area contributed by atoms with Crippen molar-refractivity contribution in [1.82, 2.24) is 4.98 Å². The molecule has 1 heterocycles. The van der Waals surface area contributed by atoms with Crippen molar-refractivity contribution in [1.29, 1.82) is 0 Å². The van der Waals surface area contributed by atoms with Crippen LogP contribution in [0.4, 0.5) is 10.8 Å². The molecule has 0 atom stereocenters. The fourth-order valence-electron chi connectivity index (χ4n) is 2.73. The Morgan fingerprint density at radius 3 is 2.56 bits per heavy atom. The summed E-state index contributed by atoms with van der Waals surface area (Å²) >= 11 is 2.52. The highest BCUT2D eigenvalue weighted by atomic mass is 32.2. The molecule has 0 aliphatic carbocycles. The molecule has 1 aromatic heterocycles. The molecule has 0 saturated heterocycles. The fraction of sp³-hybridized carbons (Fsp3) is 0.217. The van der Waals surface area contributed by atoms with Crippen LogP contribution in [0.3, 0.4) is 0 Å². The van der Waals surface area contributed by atoms with Gasteiger partial charge in [-0.1, -0.05) is 29.8 Å². The first kappa shape index (κ1) is 23.5. The summed E-state index contributed by atoms with van der Waals surface area (Å²) in [6, 6.07) is 14.6. The Labute approximate surface area is 194 Å². The number of benzene rings is 2. The van der Waals surface area contributed by atoms with E-state index in [0.29, 0.717) is 27.9 Å². The molecule has 3 rings (SSSR count). The number of amides is 2. The summed E-state index contributed by atoms with van der Waals surface area (Å²) in [7, 11) is 0. The van der Waals surface area contributed by atoms with Gasteiger partial charge in [-0.2, -0.15) is 0 Å². The Bertz CT molecular complexity index is 1100. The van der Waals surface area contributed by atoms with Crippen molar-refractivity contribution >= 4 is 51.7 Å². The zero-order chi connectivity index (χ0) is 22.9. The number of nitrogens with zero attached hydrogens (tertiary/aromatic N) is 1. The maximum Gasteiger partial charge on any atom is 0.311 e. The van der Waals surface area contributed by atoms with E-state index in [9.17, 15) is 14.4 Å². The van der Waals surface area contributed by atoms with Gasteiger partial charge in [-0.05, 0) is 38.1 Å². The van der Waals surface area contributed by atoms with Crippen molar-refractivity contribution in [2.75, 3.05) is 23.0 Å². The molecule has 32 heavy (non-hydrogen) atoms. The van der Waals surface area contributed by atoms with Gasteiger partial charge in [0, 0.05) is 16.0 Å². The largest absolute Gasteiger partial charge is 0.466 e. The number of aromatic nitrogens is 1. The normalized spacial score (nSPS) is 10.4. The molecule has 0 unspecified atom stereocenters. The number of esters is 1. The number of rotatable bonds is 9. The van der Waals surface area contributed by atoms with Crippen LogP contribution in [0, 0.1) is 6.92 Å². The summed E-state index contributed by atoms with van der Waals surface area (Å²) in [6.07, 6.45) is 0.0583. The summed E-state index contributed by atoms with van der Waals surface area (Å²) in [5.74, 6) is -0.679. The van der Waals surface area contributed by atoms with Crippen molar-refractivity contribution in [3.8, 4) is 0 Å². The highest BCUT2D eigenvalue weighted by Crippen LogP contribution is 2.25. The van der Waals surface area contributed by atoms with Gasteiger partial charge in [0.25, 0.3) is 5.91 Å². The monoisotopic (exact) mass is 469 g/mol. The third-order valence-corrected chi connectivity index (χ3v) is 6.11. The van der Waals surface area contributed by atoms with E-state index < -0.39 is 0 Å². The van der Waals surface area contributed by atoms with Crippen molar-refractivity contribution in [3.63, 3.8) is 0 Å². The van der Waals surface area contributed by atoms with E-state index in [2.05, 4.69) is 15.6 Å². The molecule has 7 nitrogen and oxygen atoms in total. The molecular weight excluding hydrogens is 446 g/mol. The highest BCUT2D eigenvalue weighted by Gasteiger charge is 2.15. The summed E-state index contributed by atoms with van der Waals surface area (Å²) in [5, 5.41) is 7.71. The van der Waals surface area contributed by atoms with Gasteiger partial charge in [0.2, 0.25) is 5.91 Å². The summed E-state index contributed by atoms with van der Waals surface area (Å²) in [6.45, 7) is 4.03. The molecule has 2 aromatic carbocycles. The van der Waals surface area contributed by atoms with Crippen LogP contribution < -0.4 is 10.6 Å². The summed E-state index contributed by atoms with van der Waals surface area (Å²) < 4.78 is 4.91. The zero-order valence-electron chi connectivity index (χ0n) is 17.7. The topological polar surface area (TPSA) is 97.4 Å². The number of carbonyl (C=O) groups excluding carboxylic acids is 3. The lowest BCUT2D eigenvalue weighted by atomic mass is 10.2. The molecule has 0 fully saturated rings. The molecule has 166 valence electrons. The van der Waals surface area contributed by atoms with E-state index in [1.54, 1.807) is 30.5 Å². The maximum absolute atomic E-state index is 12.8. The Kier molecular flexibility index (Phi) is 8.41. The number of nitrogens with one attached hydrogen (secondary N) is 2. The Hall–Kier alpha value is -3.17. The second kappa shape index (κ2) is 11.4. The van der Waals surface area contributed by atoms with Crippen molar-refractivity contribution in [3.05, 3.63) is 70.7 Å². The minimum Gasteiger partial charge on any atom is -0.466 e. The van der Waals surface area contributed by atoms with Crippen LogP contribution in [0.2, 0.25) is 0 Å². The predicted molar refractivity (Wildman–Crippen MR) is 127 cm³/mol. The summed E-state index contributed by atoms with van der Waals surface area (Å²) in [5.41, 5.74) is 2.84. The Balaban J connectivity index is 1.59. The number of hydrogen-bond acceptors (Lipinski definition) is 7. The second-order valence-corrected chi connectivity index (χ2v) is 8.65. The van der Waals surface area contributed by atoms with Crippen LogP contribution in [0.15, 0.2) is 58.8 Å². The number of thioether (sulfide) groups is 1. The van der Waals surface area contributed by atoms with E-state index >= 15 is 0 Å².